The Bertz CT molecular complexity index is 806. The van der Waals surface area contributed by atoms with Crippen molar-refractivity contribution in [2.45, 2.75) is 96.9 Å². The van der Waals surface area contributed by atoms with E-state index in [0.29, 0.717) is 12.2 Å². The van der Waals surface area contributed by atoms with Gasteiger partial charge in [0, 0.05) is 5.56 Å². The van der Waals surface area contributed by atoms with Gasteiger partial charge in [-0.05, 0) is 75.5 Å². The second-order valence-electron chi connectivity index (χ2n) is 9.99. The van der Waals surface area contributed by atoms with E-state index in [1.165, 1.54) is 0 Å². The van der Waals surface area contributed by atoms with Crippen LogP contribution < -0.4 is 4.74 Å². The second-order valence-corrected chi connectivity index (χ2v) is 9.99. The molecule has 2 heterocycles. The van der Waals surface area contributed by atoms with Gasteiger partial charge in [0.1, 0.15) is 41.5 Å². The van der Waals surface area contributed by atoms with Crippen LogP contribution in [0.3, 0.4) is 0 Å². The molecule has 5 N–H and O–H groups in total. The molecule has 7 nitrogen and oxygen atoms in total. The van der Waals surface area contributed by atoms with Crippen LogP contribution >= 0.6 is 0 Å². The topological polar surface area (TPSA) is 120 Å². The minimum atomic E-state index is -1.38. The molecule has 0 amide bonds. The average Bonchev–Trinajstić information content (AvgIpc) is 2.73. The van der Waals surface area contributed by atoms with Gasteiger partial charge in [0.25, 0.3) is 0 Å². The van der Waals surface area contributed by atoms with Crippen molar-refractivity contribution in [3.05, 3.63) is 22.3 Å². The van der Waals surface area contributed by atoms with Crippen molar-refractivity contribution in [1.29, 1.82) is 0 Å². The van der Waals surface area contributed by atoms with E-state index < -0.39 is 42.7 Å². The Morgan fingerprint density at radius 2 is 1.65 bits per heavy atom. The van der Waals surface area contributed by atoms with Crippen LogP contribution in [0.4, 0.5) is 0 Å². The number of ether oxygens (including phenoxy) is 2. The van der Waals surface area contributed by atoms with Crippen LogP contribution in [-0.4, -0.2) is 68.3 Å². The third kappa shape index (κ3) is 4.31. The molecule has 3 rings (SSSR count). The van der Waals surface area contributed by atoms with Crippen molar-refractivity contribution in [3.8, 4) is 11.5 Å². The summed E-state index contributed by atoms with van der Waals surface area (Å²) in [6.07, 6.45) is -3.57. The molecular formula is C24H38O7. The summed E-state index contributed by atoms with van der Waals surface area (Å²) in [4.78, 5) is 0. The number of aliphatic hydroxyl groups excluding tert-OH is 4. The summed E-state index contributed by atoms with van der Waals surface area (Å²) in [6.45, 7) is 11.4. The Morgan fingerprint density at radius 1 is 1.00 bits per heavy atom. The first kappa shape index (κ1) is 24.3. The summed E-state index contributed by atoms with van der Waals surface area (Å²) >= 11 is 0. The Labute approximate surface area is 184 Å². The van der Waals surface area contributed by atoms with Gasteiger partial charge in [-0.25, -0.2) is 0 Å². The minimum Gasteiger partial charge on any atom is -0.507 e. The van der Waals surface area contributed by atoms with Gasteiger partial charge >= 0.3 is 0 Å². The van der Waals surface area contributed by atoms with Gasteiger partial charge in [-0.1, -0.05) is 13.8 Å². The summed E-state index contributed by atoms with van der Waals surface area (Å²) in [7, 11) is 0. The van der Waals surface area contributed by atoms with Gasteiger partial charge < -0.3 is 35.0 Å². The van der Waals surface area contributed by atoms with Gasteiger partial charge in [-0.3, -0.25) is 0 Å². The number of hydrogen-bond acceptors (Lipinski definition) is 7. The molecule has 2 aliphatic heterocycles. The van der Waals surface area contributed by atoms with Crippen LogP contribution in [0.5, 0.6) is 11.5 Å². The standard InChI is InChI=1S/C24H38O7/c1-11(2)16(23-21(29)20(28)19(27)17(10-25)30-23)9-24(6)8-7-15-14(5)18(26)12(3)13(4)22(15)31-24/h11,16-17,19-21,23,25-29H,7-10H2,1-6H3/t16?,17-,19-,20+,21-,23+,24?/m1/s1. The fraction of sp³-hybridized carbons (Fsp3) is 0.750. The molecule has 0 bridgehead atoms. The highest BCUT2D eigenvalue weighted by atomic mass is 16.5. The summed E-state index contributed by atoms with van der Waals surface area (Å²) in [6, 6.07) is 0. The zero-order valence-corrected chi connectivity index (χ0v) is 19.4. The van der Waals surface area contributed by atoms with Crippen molar-refractivity contribution < 1.29 is 35.0 Å². The third-order valence-electron chi connectivity index (χ3n) is 7.47. The maximum atomic E-state index is 10.7. The number of fused-ring (bicyclic) bond motifs is 1. The van der Waals surface area contributed by atoms with Gasteiger partial charge in [-0.15, -0.1) is 0 Å². The maximum absolute atomic E-state index is 10.7. The van der Waals surface area contributed by atoms with Crippen molar-refractivity contribution in [2.24, 2.45) is 11.8 Å². The molecule has 0 radical (unpaired) electrons. The molecule has 1 aromatic carbocycles. The van der Waals surface area contributed by atoms with Crippen molar-refractivity contribution in [1.82, 2.24) is 0 Å². The molecule has 1 aromatic rings. The Morgan fingerprint density at radius 3 is 2.23 bits per heavy atom. The normalized spacial score (nSPS) is 34.4. The smallest absolute Gasteiger partial charge is 0.127 e. The van der Waals surface area contributed by atoms with Gasteiger partial charge in [0.15, 0.2) is 0 Å². The summed E-state index contributed by atoms with van der Waals surface area (Å²) in [5.41, 5.74) is 3.11. The van der Waals surface area contributed by atoms with Crippen molar-refractivity contribution in [3.63, 3.8) is 0 Å². The van der Waals surface area contributed by atoms with E-state index in [9.17, 15) is 25.5 Å². The Balaban J connectivity index is 1.89. The highest BCUT2D eigenvalue weighted by Crippen LogP contribution is 2.46. The van der Waals surface area contributed by atoms with Gasteiger partial charge in [-0.2, -0.15) is 0 Å². The molecule has 176 valence electrons. The molecule has 31 heavy (non-hydrogen) atoms. The van der Waals surface area contributed by atoms with Crippen LogP contribution in [0.25, 0.3) is 0 Å². The first-order valence-electron chi connectivity index (χ1n) is 11.2. The molecular weight excluding hydrogens is 400 g/mol. The summed E-state index contributed by atoms with van der Waals surface area (Å²) in [5, 5.41) is 51.1. The number of benzene rings is 1. The Hall–Kier alpha value is -1.38. The number of rotatable bonds is 5. The molecule has 0 saturated carbocycles. The maximum Gasteiger partial charge on any atom is 0.127 e. The van der Waals surface area contributed by atoms with Gasteiger partial charge in [0.05, 0.1) is 12.7 Å². The fourth-order valence-electron chi connectivity index (χ4n) is 5.15. The Kier molecular flexibility index (Phi) is 6.94. The number of phenols is 1. The van der Waals surface area contributed by atoms with Crippen molar-refractivity contribution >= 4 is 0 Å². The van der Waals surface area contributed by atoms with E-state index >= 15 is 0 Å². The molecule has 0 aromatic heterocycles. The predicted octanol–water partition coefficient (Wildman–Crippen LogP) is 1.91. The first-order valence-corrected chi connectivity index (χ1v) is 11.2. The number of aromatic hydroxyl groups is 1. The number of hydrogen-bond donors (Lipinski definition) is 5. The zero-order chi connectivity index (χ0) is 23.2. The van der Waals surface area contributed by atoms with E-state index in [-0.39, 0.29) is 11.8 Å². The first-order chi connectivity index (χ1) is 14.4. The van der Waals surface area contributed by atoms with E-state index in [1.807, 2.05) is 41.5 Å². The van der Waals surface area contributed by atoms with Crippen LogP contribution in [0.2, 0.25) is 0 Å². The van der Waals surface area contributed by atoms with E-state index in [1.54, 1.807) is 0 Å². The molecule has 7 atom stereocenters. The largest absolute Gasteiger partial charge is 0.507 e. The lowest BCUT2D eigenvalue weighted by Gasteiger charge is -2.47. The van der Waals surface area contributed by atoms with E-state index in [4.69, 9.17) is 9.47 Å². The van der Waals surface area contributed by atoms with Crippen LogP contribution in [0.15, 0.2) is 0 Å². The molecule has 1 saturated heterocycles. The fourth-order valence-corrected chi connectivity index (χ4v) is 5.15. The summed E-state index contributed by atoms with van der Waals surface area (Å²) < 4.78 is 12.5. The lowest BCUT2D eigenvalue weighted by Crippen LogP contribution is -2.61. The molecule has 0 aliphatic carbocycles. The molecule has 7 heteroatoms. The summed E-state index contributed by atoms with van der Waals surface area (Å²) in [5.74, 6) is 1.08. The quantitative estimate of drug-likeness (QED) is 0.476. The molecule has 2 aliphatic rings. The highest BCUT2D eigenvalue weighted by molar-refractivity contribution is 5.58. The van der Waals surface area contributed by atoms with Gasteiger partial charge in [0.2, 0.25) is 0 Å². The van der Waals surface area contributed by atoms with Crippen LogP contribution in [0, 0.1) is 32.6 Å². The van der Waals surface area contributed by atoms with Crippen LogP contribution in [-0.2, 0) is 11.2 Å². The minimum absolute atomic E-state index is 0.104. The molecule has 0 spiro atoms. The number of aliphatic hydroxyl groups is 4. The third-order valence-corrected chi connectivity index (χ3v) is 7.47. The second kappa shape index (κ2) is 8.87. The van der Waals surface area contributed by atoms with Crippen molar-refractivity contribution in [2.75, 3.05) is 6.61 Å². The lowest BCUT2D eigenvalue weighted by molar-refractivity contribution is -0.247. The molecule has 2 unspecified atom stereocenters. The lowest BCUT2D eigenvalue weighted by atomic mass is 9.74. The SMILES string of the molecule is Cc1c(C)c2c(c(C)c1O)CCC(C)(CC(C(C)C)[C@@H]1O[C@H](CO)[C@@H](O)[C@H](O)[C@H]1O)O2. The van der Waals surface area contributed by atoms with E-state index in [0.717, 1.165) is 40.8 Å². The average molecular weight is 439 g/mol. The van der Waals surface area contributed by atoms with E-state index in [2.05, 4.69) is 0 Å². The molecule has 1 fully saturated rings. The van der Waals surface area contributed by atoms with Crippen LogP contribution in [0.1, 0.15) is 55.9 Å². The monoisotopic (exact) mass is 438 g/mol. The zero-order valence-electron chi connectivity index (χ0n) is 19.4. The predicted molar refractivity (Wildman–Crippen MR) is 116 cm³/mol. The highest BCUT2D eigenvalue weighted by Gasteiger charge is 2.49. The number of phenolic OH excluding ortho intramolecular Hbond substituents is 1.